The Labute approximate surface area is 119 Å². The molecule has 1 aliphatic heterocycles. The second-order valence-corrected chi connectivity index (χ2v) is 6.33. The molecule has 1 aromatic rings. The Morgan fingerprint density at radius 2 is 1.85 bits per heavy atom. The van der Waals surface area contributed by atoms with Crippen molar-refractivity contribution < 1.29 is 9.59 Å². The molecule has 1 aliphatic carbocycles. The Hall–Kier alpha value is -1.84. The molecule has 1 saturated carbocycles. The Morgan fingerprint density at radius 1 is 1.20 bits per heavy atom. The smallest absolute Gasteiger partial charge is 0.248 e. The fourth-order valence-electron chi connectivity index (χ4n) is 2.78. The topological polar surface area (TPSA) is 49.4 Å². The highest BCUT2D eigenvalue weighted by molar-refractivity contribution is 5.99. The minimum absolute atomic E-state index is 0.0119. The number of benzene rings is 1. The largest absolute Gasteiger partial charge is 0.340 e. The first kappa shape index (κ1) is 13.2. The Kier molecular flexibility index (Phi) is 3.04. The van der Waals surface area contributed by atoms with Gasteiger partial charge in [0.25, 0.3) is 0 Å². The third-order valence-electron chi connectivity index (χ3n) is 4.06. The summed E-state index contributed by atoms with van der Waals surface area (Å²) in [5.41, 5.74) is 0.0755. The molecule has 3 rings (SSSR count). The molecule has 106 valence electrons. The first-order valence-corrected chi connectivity index (χ1v) is 7.17. The lowest BCUT2D eigenvalue weighted by molar-refractivity contribution is -0.154. The maximum atomic E-state index is 12.7. The Morgan fingerprint density at radius 3 is 2.45 bits per heavy atom. The van der Waals surface area contributed by atoms with E-state index in [2.05, 4.69) is 5.32 Å². The van der Waals surface area contributed by atoms with E-state index in [1.165, 1.54) is 0 Å². The van der Waals surface area contributed by atoms with Crippen LogP contribution in [0.15, 0.2) is 30.3 Å². The molecule has 0 aromatic heterocycles. The predicted octanol–water partition coefficient (Wildman–Crippen LogP) is 1.87. The van der Waals surface area contributed by atoms with Crippen molar-refractivity contribution in [1.82, 2.24) is 10.2 Å². The van der Waals surface area contributed by atoms with Crippen molar-refractivity contribution >= 4 is 11.8 Å². The second kappa shape index (κ2) is 4.62. The van der Waals surface area contributed by atoms with Crippen molar-refractivity contribution in [3.8, 4) is 0 Å². The average molecular weight is 272 g/mol. The maximum absolute atomic E-state index is 12.7. The van der Waals surface area contributed by atoms with E-state index < -0.39 is 11.6 Å². The highest BCUT2D eigenvalue weighted by Gasteiger charge is 2.47. The number of amides is 2. The Bertz CT molecular complexity index is 535. The van der Waals surface area contributed by atoms with Gasteiger partial charge in [0, 0.05) is 6.54 Å². The van der Waals surface area contributed by atoms with Crippen LogP contribution in [0.4, 0.5) is 0 Å². The van der Waals surface area contributed by atoms with Crippen LogP contribution in [0.2, 0.25) is 0 Å². The average Bonchev–Trinajstić information content (AvgIpc) is 3.20. The number of piperazine rings is 1. The summed E-state index contributed by atoms with van der Waals surface area (Å²) in [6, 6.07) is 9.06. The first-order chi connectivity index (χ1) is 9.49. The zero-order valence-electron chi connectivity index (χ0n) is 11.9. The van der Waals surface area contributed by atoms with Crippen LogP contribution in [0.5, 0.6) is 0 Å². The molecule has 4 nitrogen and oxygen atoms in total. The van der Waals surface area contributed by atoms with Crippen LogP contribution in [-0.2, 0) is 9.59 Å². The van der Waals surface area contributed by atoms with Gasteiger partial charge in [0.2, 0.25) is 11.8 Å². The molecule has 2 aliphatic rings. The summed E-state index contributed by atoms with van der Waals surface area (Å²) in [7, 11) is 0. The number of hydrogen-bond acceptors (Lipinski definition) is 2. The molecule has 1 aromatic carbocycles. The van der Waals surface area contributed by atoms with Gasteiger partial charge in [-0.2, -0.15) is 0 Å². The van der Waals surface area contributed by atoms with E-state index in [1.807, 2.05) is 30.3 Å². The minimum Gasteiger partial charge on any atom is -0.340 e. The van der Waals surface area contributed by atoms with Crippen LogP contribution in [0, 0.1) is 5.92 Å². The summed E-state index contributed by atoms with van der Waals surface area (Å²) in [6.07, 6.45) is 2.32. The number of rotatable bonds is 3. The quantitative estimate of drug-likeness (QED) is 0.913. The van der Waals surface area contributed by atoms with Crippen molar-refractivity contribution in [2.45, 2.75) is 38.3 Å². The van der Waals surface area contributed by atoms with Gasteiger partial charge in [-0.05, 0) is 38.2 Å². The fraction of sp³-hybridized carbons (Fsp3) is 0.500. The van der Waals surface area contributed by atoms with E-state index in [4.69, 9.17) is 0 Å². The minimum atomic E-state index is -0.808. The number of carbonyl (C=O) groups is 2. The van der Waals surface area contributed by atoms with Crippen molar-refractivity contribution in [2.75, 3.05) is 6.54 Å². The lowest BCUT2D eigenvalue weighted by atomic mass is 9.93. The molecule has 4 heteroatoms. The van der Waals surface area contributed by atoms with Crippen molar-refractivity contribution in [3.05, 3.63) is 35.9 Å². The van der Waals surface area contributed by atoms with Crippen molar-refractivity contribution in [1.29, 1.82) is 0 Å². The van der Waals surface area contributed by atoms with E-state index in [1.54, 1.807) is 18.7 Å². The highest BCUT2D eigenvalue weighted by atomic mass is 16.2. The van der Waals surface area contributed by atoms with Crippen LogP contribution >= 0.6 is 0 Å². The molecule has 1 saturated heterocycles. The third kappa shape index (κ3) is 2.30. The van der Waals surface area contributed by atoms with Gasteiger partial charge < -0.3 is 10.2 Å². The van der Waals surface area contributed by atoms with Gasteiger partial charge in [-0.25, -0.2) is 0 Å². The van der Waals surface area contributed by atoms with E-state index in [-0.39, 0.29) is 11.8 Å². The molecule has 20 heavy (non-hydrogen) atoms. The van der Waals surface area contributed by atoms with E-state index in [9.17, 15) is 9.59 Å². The zero-order valence-corrected chi connectivity index (χ0v) is 11.9. The highest BCUT2D eigenvalue weighted by Crippen LogP contribution is 2.36. The van der Waals surface area contributed by atoms with Crippen LogP contribution in [0.3, 0.4) is 0 Å². The van der Waals surface area contributed by atoms with Gasteiger partial charge in [-0.3, -0.25) is 9.59 Å². The van der Waals surface area contributed by atoms with Crippen LogP contribution in [0.1, 0.15) is 38.3 Å². The molecule has 1 heterocycles. The standard InChI is InChI=1S/C16H20N2O2/c1-16(2)15(20)18(10-11-8-9-11)13(14(19)17-16)12-6-4-3-5-7-12/h3-7,11,13H,8-10H2,1-2H3,(H,17,19). The number of nitrogens with one attached hydrogen (secondary N) is 1. The number of carbonyl (C=O) groups excluding carboxylic acids is 2. The molecule has 0 radical (unpaired) electrons. The second-order valence-electron chi connectivity index (χ2n) is 6.33. The summed E-state index contributed by atoms with van der Waals surface area (Å²) < 4.78 is 0. The molecule has 2 fully saturated rings. The van der Waals surface area contributed by atoms with Gasteiger partial charge in [-0.1, -0.05) is 30.3 Å². The summed E-state index contributed by atoms with van der Waals surface area (Å²) in [5.74, 6) is 0.492. The molecular formula is C16H20N2O2. The lowest BCUT2D eigenvalue weighted by Crippen LogP contribution is -2.65. The van der Waals surface area contributed by atoms with Gasteiger partial charge in [0.15, 0.2) is 0 Å². The van der Waals surface area contributed by atoms with Crippen molar-refractivity contribution in [3.63, 3.8) is 0 Å². The summed E-state index contributed by atoms with van der Waals surface area (Å²) in [4.78, 5) is 26.9. The van der Waals surface area contributed by atoms with Gasteiger partial charge in [0.05, 0.1) is 0 Å². The molecule has 0 bridgehead atoms. The third-order valence-corrected chi connectivity index (χ3v) is 4.06. The normalized spacial score (nSPS) is 25.5. The van der Waals surface area contributed by atoms with Crippen LogP contribution in [0.25, 0.3) is 0 Å². The summed E-state index contributed by atoms with van der Waals surface area (Å²) >= 11 is 0. The predicted molar refractivity (Wildman–Crippen MR) is 75.8 cm³/mol. The van der Waals surface area contributed by atoms with Gasteiger partial charge in [0.1, 0.15) is 11.6 Å². The van der Waals surface area contributed by atoms with E-state index >= 15 is 0 Å². The lowest BCUT2D eigenvalue weighted by Gasteiger charge is -2.43. The first-order valence-electron chi connectivity index (χ1n) is 7.17. The molecule has 1 N–H and O–H groups in total. The molecule has 2 amide bonds. The zero-order chi connectivity index (χ0) is 14.3. The van der Waals surface area contributed by atoms with E-state index in [0.29, 0.717) is 12.5 Å². The summed E-state index contributed by atoms with van der Waals surface area (Å²) in [5, 5.41) is 2.85. The fourth-order valence-corrected chi connectivity index (χ4v) is 2.78. The van der Waals surface area contributed by atoms with Crippen molar-refractivity contribution in [2.24, 2.45) is 5.92 Å². The monoisotopic (exact) mass is 272 g/mol. The molecular weight excluding hydrogens is 252 g/mol. The van der Waals surface area contributed by atoms with Crippen LogP contribution < -0.4 is 5.32 Å². The van der Waals surface area contributed by atoms with E-state index in [0.717, 1.165) is 18.4 Å². The van der Waals surface area contributed by atoms with Gasteiger partial charge >= 0.3 is 0 Å². The molecule has 0 spiro atoms. The van der Waals surface area contributed by atoms with Crippen LogP contribution in [-0.4, -0.2) is 28.8 Å². The Balaban J connectivity index is 1.96. The molecule has 1 unspecified atom stereocenters. The number of hydrogen-bond donors (Lipinski definition) is 1. The SMILES string of the molecule is CC1(C)NC(=O)C(c2ccccc2)N(CC2CC2)C1=O. The maximum Gasteiger partial charge on any atom is 0.248 e. The number of nitrogens with zero attached hydrogens (tertiary/aromatic N) is 1. The summed E-state index contributed by atoms with van der Waals surface area (Å²) in [6.45, 7) is 4.23. The van der Waals surface area contributed by atoms with Gasteiger partial charge in [-0.15, -0.1) is 0 Å². The molecule has 1 atom stereocenters.